The molecule has 0 aromatic rings. The van der Waals surface area contributed by atoms with Gasteiger partial charge in [-0.2, -0.15) is 0 Å². The number of carbonyl (C=O) groups is 3. The molecule has 0 N–H and O–H groups in total. The van der Waals surface area contributed by atoms with Gasteiger partial charge in [0, 0.05) is 19.3 Å². The van der Waals surface area contributed by atoms with Gasteiger partial charge in [0.15, 0.2) is 6.10 Å². The van der Waals surface area contributed by atoms with Crippen LogP contribution in [-0.4, -0.2) is 37.2 Å². The first-order valence-electron chi connectivity index (χ1n) is 30.9. The van der Waals surface area contributed by atoms with E-state index in [1.165, 1.54) is 122 Å². The summed E-state index contributed by atoms with van der Waals surface area (Å²) in [6, 6.07) is 0. The normalized spacial score (nSPS) is 12.9. The minimum atomic E-state index is -0.805. The highest BCUT2D eigenvalue weighted by atomic mass is 16.6. The highest BCUT2D eigenvalue weighted by molar-refractivity contribution is 5.71. The van der Waals surface area contributed by atoms with Crippen LogP contribution >= 0.6 is 0 Å². The Morgan fingerprint density at radius 2 is 0.527 bits per heavy atom. The average Bonchev–Trinajstić information content (AvgIpc) is 3.40. The van der Waals surface area contributed by atoms with Gasteiger partial charge in [-0.05, 0) is 109 Å². The van der Waals surface area contributed by atoms with Crippen LogP contribution in [0, 0.1) is 0 Å². The van der Waals surface area contributed by atoms with Gasteiger partial charge in [0.25, 0.3) is 0 Å². The lowest BCUT2D eigenvalue weighted by Crippen LogP contribution is -2.30. The molecule has 0 amide bonds. The molecule has 6 heteroatoms. The lowest BCUT2D eigenvalue weighted by Gasteiger charge is -2.18. The zero-order valence-corrected chi connectivity index (χ0v) is 48.3. The molecule has 1 atom stereocenters. The Balaban J connectivity index is 4.49. The van der Waals surface area contributed by atoms with Gasteiger partial charge in [0.2, 0.25) is 0 Å². The van der Waals surface area contributed by atoms with Crippen molar-refractivity contribution >= 4 is 17.9 Å². The molecule has 1 unspecified atom stereocenters. The second-order valence-corrected chi connectivity index (χ2v) is 20.2. The molecule has 0 rings (SSSR count). The molecule has 0 aliphatic heterocycles. The maximum Gasteiger partial charge on any atom is 0.306 e. The first-order valence-corrected chi connectivity index (χ1v) is 30.9. The van der Waals surface area contributed by atoms with Gasteiger partial charge in [-0.3, -0.25) is 14.4 Å². The van der Waals surface area contributed by atoms with Crippen LogP contribution in [0.4, 0.5) is 0 Å². The fraction of sp³-hybridized carbons (Fsp3) is 0.691. The Hall–Kier alpha value is -3.93. The summed E-state index contributed by atoms with van der Waals surface area (Å²) in [6.45, 7) is 6.47. The highest BCUT2D eigenvalue weighted by Crippen LogP contribution is 2.16. The molecule has 6 nitrogen and oxygen atoms in total. The third-order valence-electron chi connectivity index (χ3n) is 13.0. The Morgan fingerprint density at radius 3 is 0.878 bits per heavy atom. The van der Waals surface area contributed by atoms with Crippen molar-refractivity contribution in [1.82, 2.24) is 0 Å². The molecule has 0 aliphatic rings. The van der Waals surface area contributed by atoms with E-state index in [0.29, 0.717) is 19.3 Å². The van der Waals surface area contributed by atoms with E-state index < -0.39 is 6.10 Å². The molecule has 0 heterocycles. The molecule has 0 bridgehead atoms. The minimum Gasteiger partial charge on any atom is -0.462 e. The predicted octanol–water partition coefficient (Wildman–Crippen LogP) is 21.0. The van der Waals surface area contributed by atoms with Crippen LogP contribution in [0.2, 0.25) is 0 Å². The fourth-order valence-electron chi connectivity index (χ4n) is 8.39. The standard InChI is InChI=1S/C68H114O6/c1-4-7-10-13-16-19-22-25-28-31-33-34-36-37-40-43-46-49-52-55-58-61-67(70)73-64-65(63-72-66(69)60-57-54-51-48-45-42-39-30-27-24-21-18-15-12-9-6-3)74-68(71)62-59-56-53-50-47-44-41-38-35-32-29-26-23-20-17-14-11-8-5-2/h7,10,16-17,19-20,25-26,28-29,33-35,37-38,40,46,49,65H,4-6,8-9,11-15,18,21-24,27,30-32,36,39,41-45,47-48,50-64H2,1-3H3/b10-7-,19-16-,20-17-,28-25-,29-26-,34-33-,38-35-,40-37-,49-46-. The molecule has 0 aromatic heterocycles. The summed E-state index contributed by atoms with van der Waals surface area (Å²) in [5, 5.41) is 0. The Bertz CT molecular complexity index is 1510. The number of esters is 3. The largest absolute Gasteiger partial charge is 0.462 e. The Kier molecular flexibility index (Phi) is 58.3. The number of hydrogen-bond donors (Lipinski definition) is 0. The van der Waals surface area contributed by atoms with E-state index in [1.807, 2.05) is 0 Å². The molecule has 0 saturated carbocycles. The van der Waals surface area contributed by atoms with E-state index in [1.54, 1.807) is 0 Å². The topological polar surface area (TPSA) is 78.9 Å². The van der Waals surface area contributed by atoms with E-state index in [4.69, 9.17) is 14.2 Å². The van der Waals surface area contributed by atoms with Gasteiger partial charge in [0.1, 0.15) is 13.2 Å². The number of ether oxygens (including phenoxy) is 3. The predicted molar refractivity (Wildman–Crippen MR) is 320 cm³/mol. The number of carbonyl (C=O) groups excluding carboxylic acids is 3. The molecule has 0 saturated heterocycles. The number of rotatable bonds is 55. The zero-order valence-electron chi connectivity index (χ0n) is 48.3. The lowest BCUT2D eigenvalue weighted by atomic mass is 10.0. The summed E-state index contributed by atoms with van der Waals surface area (Å²) in [7, 11) is 0. The number of unbranched alkanes of at least 4 members (excludes halogenated alkanes) is 26. The number of allylic oxidation sites excluding steroid dienone is 18. The quantitative estimate of drug-likeness (QED) is 0.0261. The molecular weight excluding hydrogens is 913 g/mol. The minimum absolute atomic E-state index is 0.0966. The molecule has 0 radical (unpaired) electrons. The van der Waals surface area contributed by atoms with Crippen LogP contribution in [0.1, 0.15) is 284 Å². The lowest BCUT2D eigenvalue weighted by molar-refractivity contribution is -0.167. The van der Waals surface area contributed by atoms with Crippen LogP contribution in [0.5, 0.6) is 0 Å². The van der Waals surface area contributed by atoms with Crippen LogP contribution < -0.4 is 0 Å². The Labute approximate surface area is 457 Å². The second-order valence-electron chi connectivity index (χ2n) is 20.2. The monoisotopic (exact) mass is 1030 g/mol. The molecule has 422 valence electrons. The molecule has 0 aromatic carbocycles. The molecule has 0 spiro atoms. The van der Waals surface area contributed by atoms with Crippen molar-refractivity contribution < 1.29 is 28.6 Å². The van der Waals surface area contributed by atoms with E-state index in [9.17, 15) is 14.4 Å². The zero-order chi connectivity index (χ0) is 53.6. The molecular formula is C68H114O6. The van der Waals surface area contributed by atoms with Gasteiger partial charge in [0.05, 0.1) is 0 Å². The summed E-state index contributed by atoms with van der Waals surface area (Å²) >= 11 is 0. The summed E-state index contributed by atoms with van der Waals surface area (Å²) in [5.41, 5.74) is 0. The smallest absolute Gasteiger partial charge is 0.306 e. The summed E-state index contributed by atoms with van der Waals surface area (Å²) < 4.78 is 16.9. The number of hydrogen-bond acceptors (Lipinski definition) is 6. The highest BCUT2D eigenvalue weighted by Gasteiger charge is 2.19. The summed E-state index contributed by atoms with van der Waals surface area (Å²) in [4.78, 5) is 38.3. The van der Waals surface area contributed by atoms with Crippen LogP contribution in [0.25, 0.3) is 0 Å². The van der Waals surface area contributed by atoms with E-state index in [2.05, 4.69) is 130 Å². The van der Waals surface area contributed by atoms with Crippen molar-refractivity contribution in [3.8, 4) is 0 Å². The van der Waals surface area contributed by atoms with Crippen molar-refractivity contribution in [2.24, 2.45) is 0 Å². The van der Waals surface area contributed by atoms with Crippen molar-refractivity contribution in [2.75, 3.05) is 13.2 Å². The maximum atomic E-state index is 12.9. The van der Waals surface area contributed by atoms with Crippen molar-refractivity contribution in [3.05, 3.63) is 109 Å². The van der Waals surface area contributed by atoms with Crippen molar-refractivity contribution in [3.63, 3.8) is 0 Å². The van der Waals surface area contributed by atoms with Crippen LogP contribution in [-0.2, 0) is 28.6 Å². The van der Waals surface area contributed by atoms with Gasteiger partial charge < -0.3 is 14.2 Å². The average molecular weight is 1030 g/mol. The van der Waals surface area contributed by atoms with Crippen molar-refractivity contribution in [1.29, 1.82) is 0 Å². The van der Waals surface area contributed by atoms with Crippen LogP contribution in [0.3, 0.4) is 0 Å². The van der Waals surface area contributed by atoms with Crippen molar-refractivity contribution in [2.45, 2.75) is 290 Å². The Morgan fingerprint density at radius 1 is 0.284 bits per heavy atom. The molecule has 0 fully saturated rings. The van der Waals surface area contributed by atoms with E-state index in [0.717, 1.165) is 122 Å². The molecule has 0 aliphatic carbocycles. The third-order valence-corrected chi connectivity index (χ3v) is 13.0. The summed E-state index contributed by atoms with van der Waals surface area (Å²) in [6.07, 6.45) is 83.7. The maximum absolute atomic E-state index is 12.9. The first kappa shape index (κ1) is 70.1. The SMILES string of the molecule is CC/C=C\C/C=C\C/C=C\C/C=C\C/C=C\C/C=C\CCCCC(=O)OCC(COC(=O)CCCCCCCCCCCCCCCCCC)OC(=O)CCCCCCCC/C=C\C/C=C\C/C=C\CCCCC. The van der Waals surface area contributed by atoms with Gasteiger partial charge >= 0.3 is 17.9 Å². The first-order chi connectivity index (χ1) is 36.5. The second kappa shape index (κ2) is 61.6. The van der Waals surface area contributed by atoms with E-state index in [-0.39, 0.29) is 31.1 Å². The third kappa shape index (κ3) is 59.0. The fourth-order valence-corrected chi connectivity index (χ4v) is 8.39. The van der Waals surface area contributed by atoms with Gasteiger partial charge in [-0.1, -0.05) is 265 Å². The van der Waals surface area contributed by atoms with E-state index >= 15 is 0 Å². The summed E-state index contributed by atoms with van der Waals surface area (Å²) in [5.74, 6) is -0.948. The van der Waals surface area contributed by atoms with Gasteiger partial charge in [-0.25, -0.2) is 0 Å². The van der Waals surface area contributed by atoms with Crippen LogP contribution in [0.15, 0.2) is 109 Å². The molecule has 74 heavy (non-hydrogen) atoms. The van der Waals surface area contributed by atoms with Gasteiger partial charge in [-0.15, -0.1) is 0 Å².